The zero-order chi connectivity index (χ0) is 9.46. The molecule has 0 N–H and O–H groups in total. The Labute approximate surface area is 77.8 Å². The highest BCUT2D eigenvalue weighted by Crippen LogP contribution is 2.56. The van der Waals surface area contributed by atoms with Crippen LogP contribution in [0, 0.1) is 0 Å². The van der Waals surface area contributed by atoms with Gasteiger partial charge in [-0.2, -0.15) is 0 Å². The molecule has 72 valence electrons. The van der Waals surface area contributed by atoms with Gasteiger partial charge in [-0.1, -0.05) is 0 Å². The van der Waals surface area contributed by atoms with E-state index in [4.69, 9.17) is 0 Å². The molecule has 0 unspecified atom stereocenters. The third-order valence-corrected chi connectivity index (χ3v) is 7.22. The van der Waals surface area contributed by atoms with Crippen molar-refractivity contribution in [3.05, 3.63) is 0 Å². The van der Waals surface area contributed by atoms with Crippen LogP contribution in [-0.4, -0.2) is 60.6 Å². The average Bonchev–Trinajstić information content (AvgIpc) is 2.08. The Morgan fingerprint density at radius 3 is 0.917 bits per heavy atom. The van der Waals surface area contributed by atoms with Crippen LogP contribution in [0.2, 0.25) is 0 Å². The Morgan fingerprint density at radius 2 is 0.750 bits per heavy atom. The Balaban J connectivity index is 2.76. The first-order chi connectivity index (χ1) is 5.46. The van der Waals surface area contributed by atoms with E-state index in [-0.39, 0.29) is 16.4 Å². The van der Waals surface area contributed by atoms with Crippen LogP contribution in [0.25, 0.3) is 0 Å². The van der Waals surface area contributed by atoms with E-state index in [1.165, 1.54) is 0 Å². The molecule has 1 aliphatic heterocycles. The van der Waals surface area contributed by atoms with Crippen molar-refractivity contribution >= 4 is 16.4 Å². The highest BCUT2D eigenvalue weighted by molar-refractivity contribution is 7.57. The van der Waals surface area contributed by atoms with Gasteiger partial charge in [0.15, 0.2) is 0 Å². The summed E-state index contributed by atoms with van der Waals surface area (Å²) in [5.41, 5.74) is 0. The highest BCUT2D eigenvalue weighted by Gasteiger charge is 2.33. The van der Waals surface area contributed by atoms with Crippen molar-refractivity contribution < 1.29 is 0 Å². The van der Waals surface area contributed by atoms with Gasteiger partial charge in [0.1, 0.15) is 0 Å². The van der Waals surface area contributed by atoms with Gasteiger partial charge in [0.05, 0.1) is 16.4 Å². The fraction of sp³-hybridized carbons (Fsp3) is 1.00. The van der Waals surface area contributed by atoms with E-state index in [1.54, 1.807) is 0 Å². The molecule has 0 bridgehead atoms. The first-order valence-corrected chi connectivity index (χ1v) is 7.27. The molecule has 0 aliphatic carbocycles. The van der Waals surface area contributed by atoms with Gasteiger partial charge in [0, 0.05) is 28.2 Å². The lowest BCUT2D eigenvalue weighted by atomic mass is 11.4. The second kappa shape index (κ2) is 3.83. The second-order valence-electron chi connectivity index (χ2n) is 2.94. The largest absolute Gasteiger partial charge is 0.203 e. The summed E-state index contributed by atoms with van der Waals surface area (Å²) in [6.45, 7) is 4.54. The maximum atomic E-state index is 2.33. The molecule has 0 atom stereocenters. The van der Waals surface area contributed by atoms with Crippen LogP contribution in [0.3, 0.4) is 0 Å². The molecule has 4 nitrogen and oxygen atoms in total. The lowest BCUT2D eigenvalue weighted by Crippen LogP contribution is -2.46. The molecule has 1 aliphatic rings. The average molecular weight is 208 g/mol. The standard InChI is InChI=1S/C6H18N4P2/c1-7-8(2)12(6)10(4)9(3)11(7)5/h1-6H3. The zero-order valence-corrected chi connectivity index (χ0v) is 10.5. The van der Waals surface area contributed by atoms with E-state index < -0.39 is 0 Å². The van der Waals surface area contributed by atoms with Crippen LogP contribution in [0.4, 0.5) is 0 Å². The SMILES string of the molecule is CN1N(C)P(C)N(C)N(C)P1C. The molecule has 0 amide bonds. The third-order valence-electron chi connectivity index (χ3n) is 2.51. The summed E-state index contributed by atoms with van der Waals surface area (Å²) >= 11 is 0. The van der Waals surface area contributed by atoms with Crippen molar-refractivity contribution in [2.24, 2.45) is 0 Å². The first kappa shape index (κ1) is 10.8. The molecule has 0 aromatic heterocycles. The molecule has 1 fully saturated rings. The van der Waals surface area contributed by atoms with Crippen molar-refractivity contribution in [2.45, 2.75) is 0 Å². The van der Waals surface area contributed by atoms with Gasteiger partial charge in [-0.25, -0.2) is 19.1 Å². The van der Waals surface area contributed by atoms with Crippen LogP contribution < -0.4 is 0 Å². The summed E-state index contributed by atoms with van der Waals surface area (Å²) in [7, 11) is 8.27. The maximum Gasteiger partial charge on any atom is 0.0650 e. The van der Waals surface area contributed by atoms with Gasteiger partial charge in [-0.3, -0.25) is 0 Å². The van der Waals surface area contributed by atoms with Crippen molar-refractivity contribution in [3.8, 4) is 0 Å². The van der Waals surface area contributed by atoms with Crippen LogP contribution >= 0.6 is 16.4 Å². The van der Waals surface area contributed by atoms with Crippen LogP contribution in [0.1, 0.15) is 0 Å². The normalized spacial score (nSPS) is 37.5. The summed E-state index contributed by atoms with van der Waals surface area (Å²) in [6, 6.07) is 0. The van der Waals surface area contributed by atoms with Crippen LogP contribution in [0.5, 0.6) is 0 Å². The first-order valence-electron chi connectivity index (χ1n) is 3.88. The quantitative estimate of drug-likeness (QED) is 0.558. The Morgan fingerprint density at radius 1 is 0.583 bits per heavy atom. The lowest BCUT2D eigenvalue weighted by molar-refractivity contribution is 0.144. The zero-order valence-electron chi connectivity index (χ0n) is 8.68. The minimum atomic E-state index is -0.185. The highest BCUT2D eigenvalue weighted by atomic mass is 31.2. The Hall–Kier alpha value is 0.700. The molecule has 12 heavy (non-hydrogen) atoms. The Kier molecular flexibility index (Phi) is 3.44. The molecule has 6 heteroatoms. The van der Waals surface area contributed by atoms with Gasteiger partial charge < -0.3 is 0 Å². The van der Waals surface area contributed by atoms with Gasteiger partial charge in [-0.15, -0.1) is 0 Å². The molecular formula is C6H18N4P2. The lowest BCUT2D eigenvalue weighted by Gasteiger charge is -2.51. The predicted octanol–water partition coefficient (Wildman–Crippen LogP) is 1.44. The minimum absolute atomic E-state index is 0.185. The number of hydrogen-bond donors (Lipinski definition) is 0. The monoisotopic (exact) mass is 208 g/mol. The molecule has 0 aromatic carbocycles. The second-order valence-corrected chi connectivity index (χ2v) is 7.21. The van der Waals surface area contributed by atoms with E-state index in [2.05, 4.69) is 60.6 Å². The number of hydrazine groups is 2. The van der Waals surface area contributed by atoms with Crippen molar-refractivity contribution in [2.75, 3.05) is 41.5 Å². The van der Waals surface area contributed by atoms with Crippen LogP contribution in [0.15, 0.2) is 0 Å². The number of rotatable bonds is 0. The van der Waals surface area contributed by atoms with E-state index in [1.807, 2.05) is 0 Å². The predicted molar refractivity (Wildman–Crippen MR) is 56.7 cm³/mol. The van der Waals surface area contributed by atoms with Gasteiger partial charge in [0.2, 0.25) is 0 Å². The third kappa shape index (κ3) is 1.65. The summed E-state index contributed by atoms with van der Waals surface area (Å²) in [6.07, 6.45) is 0. The molecule has 1 heterocycles. The molecule has 0 spiro atoms. The van der Waals surface area contributed by atoms with Gasteiger partial charge in [0.25, 0.3) is 0 Å². The summed E-state index contributed by atoms with van der Waals surface area (Å²) < 4.78 is 9.34. The van der Waals surface area contributed by atoms with Crippen molar-refractivity contribution in [1.29, 1.82) is 0 Å². The topological polar surface area (TPSA) is 13.0 Å². The fourth-order valence-electron chi connectivity index (χ4n) is 1.12. The minimum Gasteiger partial charge on any atom is -0.203 e. The van der Waals surface area contributed by atoms with Crippen molar-refractivity contribution in [1.82, 2.24) is 19.1 Å². The summed E-state index contributed by atoms with van der Waals surface area (Å²) in [5, 5.41) is 0. The molecule has 0 aromatic rings. The maximum absolute atomic E-state index is 2.33. The molecule has 0 radical (unpaired) electrons. The summed E-state index contributed by atoms with van der Waals surface area (Å²) in [4.78, 5) is 0. The van der Waals surface area contributed by atoms with Crippen LogP contribution in [-0.2, 0) is 0 Å². The number of hydrogen-bond acceptors (Lipinski definition) is 4. The Bertz CT molecular complexity index is 109. The van der Waals surface area contributed by atoms with E-state index in [0.29, 0.717) is 0 Å². The van der Waals surface area contributed by atoms with Gasteiger partial charge in [-0.05, 0) is 13.3 Å². The van der Waals surface area contributed by atoms with E-state index in [9.17, 15) is 0 Å². The summed E-state index contributed by atoms with van der Waals surface area (Å²) in [5.74, 6) is 0. The van der Waals surface area contributed by atoms with E-state index in [0.717, 1.165) is 0 Å². The molecule has 0 saturated carbocycles. The molecule has 1 rings (SSSR count). The smallest absolute Gasteiger partial charge is 0.0650 e. The van der Waals surface area contributed by atoms with Crippen molar-refractivity contribution in [3.63, 3.8) is 0 Å². The molecular weight excluding hydrogens is 190 g/mol. The number of nitrogens with zero attached hydrogens (tertiary/aromatic N) is 4. The van der Waals surface area contributed by atoms with Gasteiger partial charge >= 0.3 is 0 Å². The fourth-order valence-corrected chi connectivity index (χ4v) is 4.76. The molecule has 1 saturated heterocycles. The van der Waals surface area contributed by atoms with E-state index >= 15 is 0 Å².